The van der Waals surface area contributed by atoms with Crippen molar-refractivity contribution < 1.29 is 10.2 Å². The van der Waals surface area contributed by atoms with E-state index in [1.807, 2.05) is 18.2 Å². The SMILES string of the molecule is Oc1cccc2c1CNC1CCC(O)C=C21. The first kappa shape index (κ1) is 9.87. The standard InChI is InChI=1S/C13H15NO2/c15-8-4-5-12-10(6-8)9-2-1-3-13(16)11(9)7-14-12/h1-3,6,8,12,14-16H,4-5,7H2. The highest BCUT2D eigenvalue weighted by Gasteiger charge is 2.28. The molecule has 1 aliphatic carbocycles. The molecule has 84 valence electrons. The zero-order chi connectivity index (χ0) is 11.1. The Bertz CT molecular complexity index is 453. The van der Waals surface area contributed by atoms with Crippen LogP contribution < -0.4 is 5.32 Å². The van der Waals surface area contributed by atoms with Crippen molar-refractivity contribution in [3.05, 3.63) is 35.4 Å². The van der Waals surface area contributed by atoms with Gasteiger partial charge >= 0.3 is 0 Å². The number of fused-ring (bicyclic) bond motifs is 3. The summed E-state index contributed by atoms with van der Waals surface area (Å²) in [5, 5.41) is 22.9. The normalized spacial score (nSPS) is 27.9. The van der Waals surface area contributed by atoms with Crippen LogP contribution in [0, 0.1) is 0 Å². The van der Waals surface area contributed by atoms with Gasteiger partial charge in [-0.05, 0) is 30.0 Å². The van der Waals surface area contributed by atoms with Gasteiger partial charge in [-0.3, -0.25) is 0 Å². The average Bonchev–Trinajstić information content (AvgIpc) is 2.29. The molecule has 0 amide bonds. The van der Waals surface area contributed by atoms with Crippen LogP contribution in [0.5, 0.6) is 5.75 Å². The van der Waals surface area contributed by atoms with E-state index in [1.165, 1.54) is 0 Å². The van der Waals surface area contributed by atoms with Crippen molar-refractivity contribution in [3.8, 4) is 5.75 Å². The molecule has 1 aromatic rings. The van der Waals surface area contributed by atoms with E-state index in [0.29, 0.717) is 18.3 Å². The monoisotopic (exact) mass is 217 g/mol. The van der Waals surface area contributed by atoms with Crippen LogP contribution in [-0.4, -0.2) is 22.4 Å². The second-order valence-electron chi connectivity index (χ2n) is 4.50. The van der Waals surface area contributed by atoms with Crippen molar-refractivity contribution in [3.63, 3.8) is 0 Å². The maximum Gasteiger partial charge on any atom is 0.120 e. The number of nitrogens with one attached hydrogen (secondary N) is 1. The van der Waals surface area contributed by atoms with Gasteiger partial charge in [0.25, 0.3) is 0 Å². The zero-order valence-electron chi connectivity index (χ0n) is 8.98. The first-order valence-electron chi connectivity index (χ1n) is 5.70. The molecule has 2 aliphatic rings. The van der Waals surface area contributed by atoms with Crippen LogP contribution in [0.3, 0.4) is 0 Å². The molecule has 0 fully saturated rings. The molecule has 1 heterocycles. The highest BCUT2D eigenvalue weighted by molar-refractivity contribution is 5.76. The summed E-state index contributed by atoms with van der Waals surface area (Å²) in [5.74, 6) is 0.337. The largest absolute Gasteiger partial charge is 0.508 e. The molecule has 0 saturated carbocycles. The molecule has 3 N–H and O–H groups in total. The molecule has 3 heteroatoms. The van der Waals surface area contributed by atoms with Crippen molar-refractivity contribution in [2.75, 3.05) is 0 Å². The van der Waals surface area contributed by atoms with Gasteiger partial charge in [-0.25, -0.2) is 0 Å². The van der Waals surface area contributed by atoms with Gasteiger partial charge in [-0.1, -0.05) is 18.2 Å². The molecule has 0 saturated heterocycles. The maximum atomic E-state index is 9.78. The average molecular weight is 217 g/mol. The molecular formula is C13H15NO2. The van der Waals surface area contributed by atoms with Crippen LogP contribution in [0.15, 0.2) is 24.3 Å². The Hall–Kier alpha value is -1.32. The lowest BCUT2D eigenvalue weighted by atomic mass is 9.83. The molecule has 3 rings (SSSR count). The van der Waals surface area contributed by atoms with Crippen molar-refractivity contribution in [2.24, 2.45) is 0 Å². The Kier molecular flexibility index (Phi) is 2.23. The lowest BCUT2D eigenvalue weighted by Gasteiger charge is -2.33. The molecule has 3 nitrogen and oxygen atoms in total. The molecule has 1 aliphatic heterocycles. The van der Waals surface area contributed by atoms with E-state index >= 15 is 0 Å². The molecule has 1 aromatic carbocycles. The lowest BCUT2D eigenvalue weighted by Crippen LogP contribution is -2.37. The number of rotatable bonds is 0. The van der Waals surface area contributed by atoms with Crippen LogP contribution in [0.1, 0.15) is 24.0 Å². The minimum absolute atomic E-state index is 0.331. The highest BCUT2D eigenvalue weighted by atomic mass is 16.3. The molecule has 0 bridgehead atoms. The van der Waals surface area contributed by atoms with Crippen LogP contribution in [0.25, 0.3) is 5.57 Å². The number of hydrogen-bond donors (Lipinski definition) is 3. The van der Waals surface area contributed by atoms with Crippen molar-refractivity contribution in [2.45, 2.75) is 31.5 Å². The number of phenols is 1. The van der Waals surface area contributed by atoms with E-state index in [9.17, 15) is 10.2 Å². The number of phenolic OH excluding ortho intramolecular Hbond substituents is 1. The van der Waals surface area contributed by atoms with E-state index in [4.69, 9.17) is 0 Å². The predicted molar refractivity (Wildman–Crippen MR) is 62.0 cm³/mol. The molecule has 0 spiro atoms. The van der Waals surface area contributed by atoms with Gasteiger partial charge in [-0.15, -0.1) is 0 Å². The Morgan fingerprint density at radius 2 is 2.12 bits per heavy atom. The second-order valence-corrected chi connectivity index (χ2v) is 4.50. The van der Waals surface area contributed by atoms with Crippen molar-refractivity contribution in [1.82, 2.24) is 5.32 Å². The maximum absolute atomic E-state index is 9.78. The van der Waals surface area contributed by atoms with Crippen LogP contribution in [-0.2, 0) is 6.54 Å². The fourth-order valence-corrected chi connectivity index (χ4v) is 2.65. The number of aliphatic hydroxyl groups is 1. The highest BCUT2D eigenvalue weighted by Crippen LogP contribution is 2.36. The molecule has 16 heavy (non-hydrogen) atoms. The Morgan fingerprint density at radius 1 is 1.25 bits per heavy atom. The van der Waals surface area contributed by atoms with Gasteiger partial charge in [0.1, 0.15) is 5.75 Å². The molecule has 2 atom stereocenters. The number of hydrogen-bond acceptors (Lipinski definition) is 3. The van der Waals surface area contributed by atoms with Crippen LogP contribution in [0.2, 0.25) is 0 Å². The fraction of sp³-hybridized carbons (Fsp3) is 0.385. The summed E-state index contributed by atoms with van der Waals surface area (Å²) in [6, 6.07) is 5.92. The van der Waals surface area contributed by atoms with Gasteiger partial charge in [0.15, 0.2) is 0 Å². The van der Waals surface area contributed by atoms with Crippen molar-refractivity contribution >= 4 is 5.57 Å². The Morgan fingerprint density at radius 3 is 3.00 bits per heavy atom. The molecule has 0 aromatic heterocycles. The van der Waals surface area contributed by atoms with E-state index in [0.717, 1.165) is 29.5 Å². The third kappa shape index (κ3) is 1.44. The quantitative estimate of drug-likeness (QED) is 0.615. The molecule has 0 radical (unpaired) electrons. The third-order valence-corrected chi connectivity index (χ3v) is 3.49. The Labute approximate surface area is 94.4 Å². The van der Waals surface area contributed by atoms with Gasteiger partial charge < -0.3 is 15.5 Å². The first-order chi connectivity index (χ1) is 7.75. The number of benzene rings is 1. The van der Waals surface area contributed by atoms with E-state index in [2.05, 4.69) is 5.32 Å². The van der Waals surface area contributed by atoms with Crippen molar-refractivity contribution in [1.29, 1.82) is 0 Å². The van der Waals surface area contributed by atoms with Gasteiger partial charge in [0, 0.05) is 18.2 Å². The van der Waals surface area contributed by atoms with Gasteiger partial charge in [0.2, 0.25) is 0 Å². The summed E-state index contributed by atoms with van der Waals surface area (Å²) >= 11 is 0. The summed E-state index contributed by atoms with van der Waals surface area (Å²) in [5.41, 5.74) is 3.16. The van der Waals surface area contributed by atoms with Crippen LogP contribution >= 0.6 is 0 Å². The minimum Gasteiger partial charge on any atom is -0.508 e. The lowest BCUT2D eigenvalue weighted by molar-refractivity contribution is 0.199. The zero-order valence-corrected chi connectivity index (χ0v) is 8.98. The summed E-state index contributed by atoms with van der Waals surface area (Å²) in [6.45, 7) is 0.708. The Balaban J connectivity index is 2.13. The van der Waals surface area contributed by atoms with E-state index in [-0.39, 0.29) is 6.10 Å². The van der Waals surface area contributed by atoms with Crippen LogP contribution in [0.4, 0.5) is 0 Å². The number of aromatic hydroxyl groups is 1. The predicted octanol–water partition coefficient (Wildman–Crippen LogP) is 1.40. The first-order valence-corrected chi connectivity index (χ1v) is 5.70. The molecular weight excluding hydrogens is 202 g/mol. The smallest absolute Gasteiger partial charge is 0.120 e. The summed E-state index contributed by atoms with van der Waals surface area (Å²) in [4.78, 5) is 0. The second kappa shape index (κ2) is 3.61. The molecule has 2 unspecified atom stereocenters. The van der Waals surface area contributed by atoms with Gasteiger partial charge in [-0.2, -0.15) is 0 Å². The summed E-state index contributed by atoms with van der Waals surface area (Å²) in [6.07, 6.45) is 3.34. The van der Waals surface area contributed by atoms with E-state index < -0.39 is 0 Å². The third-order valence-electron chi connectivity index (χ3n) is 3.49. The topological polar surface area (TPSA) is 52.5 Å². The number of aliphatic hydroxyl groups excluding tert-OH is 1. The minimum atomic E-state index is -0.346. The summed E-state index contributed by atoms with van der Waals surface area (Å²) in [7, 11) is 0. The summed E-state index contributed by atoms with van der Waals surface area (Å²) < 4.78 is 0. The van der Waals surface area contributed by atoms with Gasteiger partial charge in [0.05, 0.1) is 6.10 Å². The van der Waals surface area contributed by atoms with E-state index in [1.54, 1.807) is 6.07 Å². The fourth-order valence-electron chi connectivity index (χ4n) is 2.65.